The van der Waals surface area contributed by atoms with Crippen molar-refractivity contribution in [3.63, 3.8) is 0 Å². The van der Waals surface area contributed by atoms with E-state index < -0.39 is 19.7 Å². The first-order chi connectivity index (χ1) is 5.70. The fraction of sp³-hybridized carbons (Fsp3) is 0.400. The van der Waals surface area contributed by atoms with E-state index in [1.54, 1.807) is 34.3 Å². The smallest absolute Gasteiger partial charge is 0.323 e. The molecule has 0 aliphatic carbocycles. The van der Waals surface area contributed by atoms with E-state index in [0.29, 0.717) is 0 Å². The molecular weight excluding hydrogens is 252 g/mol. The molecule has 2 heterocycles. The lowest BCUT2D eigenvalue weighted by Crippen LogP contribution is -2.21. The molecule has 0 bridgehead atoms. The first-order valence-electron chi connectivity index (χ1n) is 3.01. The van der Waals surface area contributed by atoms with Crippen molar-refractivity contribution < 1.29 is 9.90 Å². The van der Waals surface area contributed by atoms with Gasteiger partial charge < -0.3 is 5.11 Å². The number of aliphatic carboxylic acids is 1. The Bertz CT molecular complexity index is 296. The Kier molecular flexibility index (Phi) is 2.76. The highest BCUT2D eigenvalue weighted by molar-refractivity contribution is 8.86. The third-order valence-corrected chi connectivity index (χ3v) is 9.04. The Morgan fingerprint density at radius 2 is 2.42 bits per heavy atom. The van der Waals surface area contributed by atoms with Gasteiger partial charge in [-0.15, -0.1) is 23.5 Å². The largest absolute Gasteiger partial charge is 0.480 e. The van der Waals surface area contributed by atoms with Gasteiger partial charge in [0.1, 0.15) is 5.25 Å². The topological polar surface area (TPSA) is 37.3 Å². The highest BCUT2D eigenvalue weighted by atomic mass is 33.3. The standard InChI is InChI=1S/C5H4O2S5/c6-4(7)3-2-5(10-1-9-2)11-12(3)8/h3H,1H2,(H,6,7). The van der Waals surface area contributed by atoms with Gasteiger partial charge in [-0.3, -0.25) is 4.79 Å². The Morgan fingerprint density at radius 3 is 3.08 bits per heavy atom. The molecule has 0 saturated heterocycles. The number of carbonyl (C=O) groups is 1. The maximum atomic E-state index is 10.8. The second-order valence-electron chi connectivity index (χ2n) is 2.12. The number of hydrogen-bond donors (Lipinski definition) is 1. The summed E-state index contributed by atoms with van der Waals surface area (Å²) >= 11 is 8.45. The molecule has 0 aromatic heterocycles. The molecule has 0 aromatic rings. The third kappa shape index (κ3) is 1.45. The summed E-state index contributed by atoms with van der Waals surface area (Å²) in [4.78, 5) is 11.8. The molecule has 0 spiro atoms. The van der Waals surface area contributed by atoms with E-state index in [0.717, 1.165) is 14.2 Å². The minimum absolute atomic E-state index is 0.403. The quantitative estimate of drug-likeness (QED) is 0.721. The molecule has 12 heavy (non-hydrogen) atoms. The fourth-order valence-corrected chi connectivity index (χ4v) is 10.2. The van der Waals surface area contributed by atoms with E-state index in [-0.39, 0.29) is 0 Å². The van der Waals surface area contributed by atoms with Gasteiger partial charge in [-0.05, 0) is 30.5 Å². The van der Waals surface area contributed by atoms with Crippen molar-refractivity contribution in [3.8, 4) is 0 Å². The van der Waals surface area contributed by atoms with Crippen LogP contribution in [0.4, 0.5) is 0 Å². The van der Waals surface area contributed by atoms with Crippen molar-refractivity contribution in [2.45, 2.75) is 5.25 Å². The van der Waals surface area contributed by atoms with Gasteiger partial charge >= 0.3 is 5.97 Å². The van der Waals surface area contributed by atoms with Crippen LogP contribution in [0.15, 0.2) is 9.14 Å². The van der Waals surface area contributed by atoms with Gasteiger partial charge in [-0.25, -0.2) is 0 Å². The second kappa shape index (κ2) is 3.53. The Labute approximate surface area is 88.9 Å². The maximum Gasteiger partial charge on any atom is 0.323 e. The lowest BCUT2D eigenvalue weighted by Gasteiger charge is -2.06. The summed E-state index contributed by atoms with van der Waals surface area (Å²) in [6.45, 7) is 0. The number of carboxylic acid groups (broad SMARTS) is 1. The first-order valence-corrected chi connectivity index (χ1v) is 8.53. The predicted octanol–water partition coefficient (Wildman–Crippen LogP) is 1.79. The van der Waals surface area contributed by atoms with Gasteiger partial charge in [0.05, 0.1) is 4.24 Å². The first kappa shape index (κ1) is 9.39. The average Bonchev–Trinajstić information content (AvgIpc) is 2.44. The molecule has 0 amide bonds. The van der Waals surface area contributed by atoms with Crippen LogP contribution in [0.25, 0.3) is 0 Å². The van der Waals surface area contributed by atoms with Crippen LogP contribution in [0.3, 0.4) is 0 Å². The highest BCUT2D eigenvalue weighted by Crippen LogP contribution is 2.55. The molecule has 0 aromatic carbocycles. The molecule has 2 rings (SSSR count). The molecule has 0 fully saturated rings. The molecule has 0 saturated carbocycles. The van der Waals surface area contributed by atoms with Crippen LogP contribution in [0.2, 0.25) is 0 Å². The second-order valence-corrected chi connectivity index (χ2v) is 9.60. The van der Waals surface area contributed by atoms with Crippen LogP contribution < -0.4 is 0 Å². The molecule has 66 valence electrons. The minimum atomic E-state index is -0.763. The normalized spacial score (nSPS) is 34.0. The van der Waals surface area contributed by atoms with Crippen LogP contribution in [-0.2, 0) is 24.5 Å². The maximum absolute atomic E-state index is 10.8. The third-order valence-electron chi connectivity index (χ3n) is 1.42. The number of carboxylic acids is 1. The molecule has 2 nitrogen and oxygen atoms in total. The van der Waals surface area contributed by atoms with Gasteiger partial charge in [0.15, 0.2) is 0 Å². The van der Waals surface area contributed by atoms with E-state index in [1.807, 2.05) is 0 Å². The summed E-state index contributed by atoms with van der Waals surface area (Å²) in [6.07, 6.45) is 0. The number of hydrogen-bond acceptors (Lipinski definition) is 5. The van der Waals surface area contributed by atoms with Gasteiger partial charge in [-0.1, -0.05) is 0 Å². The van der Waals surface area contributed by atoms with E-state index >= 15 is 0 Å². The highest BCUT2D eigenvalue weighted by Gasteiger charge is 2.39. The van der Waals surface area contributed by atoms with Crippen molar-refractivity contribution in [1.29, 1.82) is 0 Å². The summed E-state index contributed by atoms with van der Waals surface area (Å²) < 4.78 is 1.16. The van der Waals surface area contributed by atoms with Gasteiger partial charge in [-0.2, -0.15) is 0 Å². The lowest BCUT2D eigenvalue weighted by atomic mass is 10.4. The van der Waals surface area contributed by atoms with Crippen LogP contribution >= 0.6 is 34.3 Å². The van der Waals surface area contributed by atoms with Crippen molar-refractivity contribution in [2.75, 3.05) is 5.08 Å². The molecule has 7 heteroatoms. The van der Waals surface area contributed by atoms with E-state index in [2.05, 4.69) is 0 Å². The zero-order chi connectivity index (χ0) is 8.72. The zero-order valence-corrected chi connectivity index (χ0v) is 9.76. The summed E-state index contributed by atoms with van der Waals surface area (Å²) in [7, 11) is 1.09. The lowest BCUT2D eigenvalue weighted by molar-refractivity contribution is -0.135. The average molecular weight is 256 g/mol. The molecule has 2 unspecified atom stereocenters. The Balaban J connectivity index is 2.32. The van der Waals surface area contributed by atoms with E-state index in [9.17, 15) is 4.79 Å². The van der Waals surface area contributed by atoms with Gasteiger partial charge in [0.25, 0.3) is 0 Å². The van der Waals surface area contributed by atoms with Crippen molar-refractivity contribution in [2.24, 2.45) is 0 Å². The van der Waals surface area contributed by atoms with Crippen LogP contribution in [0, 0.1) is 0 Å². The SMILES string of the molecule is O=C(O)C1C2=C(SCS2)SS1=S. The molecule has 1 N–H and O–H groups in total. The van der Waals surface area contributed by atoms with Gasteiger partial charge in [0, 0.05) is 9.99 Å². The number of thioether (sulfide) groups is 2. The van der Waals surface area contributed by atoms with Crippen molar-refractivity contribution in [3.05, 3.63) is 9.14 Å². The van der Waals surface area contributed by atoms with Crippen LogP contribution in [0.5, 0.6) is 0 Å². The van der Waals surface area contributed by atoms with Gasteiger partial charge in [0.2, 0.25) is 0 Å². The molecule has 2 aliphatic heterocycles. The fourth-order valence-electron chi connectivity index (χ4n) is 0.929. The zero-order valence-electron chi connectivity index (χ0n) is 5.68. The van der Waals surface area contributed by atoms with Crippen LogP contribution in [0.1, 0.15) is 0 Å². The number of rotatable bonds is 1. The van der Waals surface area contributed by atoms with Crippen LogP contribution in [-0.4, -0.2) is 21.4 Å². The Hall–Kier alpha value is 0.830. The minimum Gasteiger partial charge on any atom is -0.480 e. The summed E-state index contributed by atoms with van der Waals surface area (Å²) in [5.74, 6) is -0.763. The van der Waals surface area contributed by atoms with E-state index in [1.165, 1.54) is 0 Å². The molecule has 2 aliphatic rings. The molecule has 0 radical (unpaired) electrons. The summed E-state index contributed by atoms with van der Waals surface area (Å²) in [5.41, 5.74) is 0. The molecule has 2 atom stereocenters. The predicted molar refractivity (Wildman–Crippen MR) is 60.8 cm³/mol. The van der Waals surface area contributed by atoms with Crippen molar-refractivity contribution in [1.82, 2.24) is 0 Å². The summed E-state index contributed by atoms with van der Waals surface area (Å²) in [6, 6.07) is 0. The monoisotopic (exact) mass is 256 g/mol. The van der Waals surface area contributed by atoms with Crippen molar-refractivity contribution >= 4 is 60.0 Å². The van der Waals surface area contributed by atoms with E-state index in [4.69, 9.17) is 16.3 Å². The Morgan fingerprint density at radius 1 is 1.67 bits per heavy atom. The summed E-state index contributed by atoms with van der Waals surface area (Å²) in [5, 5.41) is 9.45. The molecular formula is C5H4O2S5.